The first-order chi connectivity index (χ1) is 9.78. The topological polar surface area (TPSA) is 48.5 Å². The van der Waals surface area contributed by atoms with Gasteiger partial charge >= 0.3 is 0 Å². The van der Waals surface area contributed by atoms with E-state index in [4.69, 9.17) is 0 Å². The summed E-state index contributed by atoms with van der Waals surface area (Å²) in [5.41, 5.74) is 5.76. The van der Waals surface area contributed by atoms with Crippen LogP contribution in [0.1, 0.15) is 23.9 Å². The Labute approximate surface area is 116 Å². The smallest absolute Gasteiger partial charge is 0.160 e. The lowest BCUT2D eigenvalue weighted by atomic mass is 10.1. The molecule has 0 saturated heterocycles. The average Bonchev–Trinajstić information content (AvgIpc) is 3.04. The maximum Gasteiger partial charge on any atom is 0.160 e. The second-order valence-corrected chi connectivity index (χ2v) is 5.09. The van der Waals surface area contributed by atoms with E-state index in [2.05, 4.69) is 44.8 Å². The van der Waals surface area contributed by atoms with Crippen LogP contribution in [0.4, 0.5) is 0 Å². The number of rotatable bonds is 1. The van der Waals surface area contributed by atoms with Crippen LogP contribution < -0.4 is 0 Å². The van der Waals surface area contributed by atoms with E-state index in [-0.39, 0.29) is 0 Å². The Morgan fingerprint density at radius 2 is 2.15 bits per heavy atom. The number of benzene rings is 1. The third-order valence-corrected chi connectivity index (χ3v) is 3.96. The molecule has 0 N–H and O–H groups in total. The van der Waals surface area contributed by atoms with Crippen LogP contribution in [0.2, 0.25) is 0 Å². The number of hydrogen-bond donors (Lipinski definition) is 0. The van der Waals surface area contributed by atoms with Crippen LogP contribution in [0.25, 0.3) is 17.1 Å². The van der Waals surface area contributed by atoms with E-state index in [9.17, 15) is 0 Å². The van der Waals surface area contributed by atoms with Crippen molar-refractivity contribution in [1.82, 2.24) is 24.3 Å². The largest absolute Gasteiger partial charge is 0.300 e. The molecule has 3 heterocycles. The van der Waals surface area contributed by atoms with Crippen molar-refractivity contribution in [3.63, 3.8) is 0 Å². The molecule has 0 unspecified atom stereocenters. The van der Waals surface area contributed by atoms with E-state index in [0.717, 1.165) is 29.2 Å². The van der Waals surface area contributed by atoms with Gasteiger partial charge in [0.25, 0.3) is 0 Å². The number of hydrogen-bond acceptors (Lipinski definition) is 3. The zero-order valence-corrected chi connectivity index (χ0v) is 11.5. The molecule has 5 nitrogen and oxygen atoms in total. The van der Waals surface area contributed by atoms with Gasteiger partial charge in [-0.1, -0.05) is 13.0 Å². The number of nitrogens with zero attached hydrogens (tertiary/aromatic N) is 5. The maximum atomic E-state index is 4.44. The fourth-order valence-electron chi connectivity index (χ4n) is 2.78. The maximum absolute atomic E-state index is 4.44. The van der Waals surface area contributed by atoms with Crippen molar-refractivity contribution < 1.29 is 0 Å². The molecule has 100 valence electrons. The van der Waals surface area contributed by atoms with Crippen molar-refractivity contribution in [2.75, 3.05) is 0 Å². The van der Waals surface area contributed by atoms with E-state index in [0.29, 0.717) is 6.54 Å². The lowest BCUT2D eigenvalue weighted by Gasteiger charge is -2.09. The molecule has 1 aliphatic rings. The Morgan fingerprint density at radius 3 is 3.00 bits per heavy atom. The van der Waals surface area contributed by atoms with E-state index in [1.54, 1.807) is 6.33 Å². The molecule has 0 amide bonds. The summed E-state index contributed by atoms with van der Waals surface area (Å²) in [4.78, 5) is 8.88. The molecule has 0 bridgehead atoms. The molecule has 0 radical (unpaired) electrons. The summed E-state index contributed by atoms with van der Waals surface area (Å²) >= 11 is 0. The van der Waals surface area contributed by atoms with Gasteiger partial charge in [-0.05, 0) is 31.0 Å². The Balaban J connectivity index is 2.08. The molecular formula is C15H15N5. The Kier molecular flexibility index (Phi) is 2.30. The number of fused-ring (bicyclic) bond motifs is 5. The lowest BCUT2D eigenvalue weighted by Crippen LogP contribution is -2.05. The summed E-state index contributed by atoms with van der Waals surface area (Å²) in [6, 6.07) is 6.54. The molecular weight excluding hydrogens is 250 g/mol. The Morgan fingerprint density at radius 1 is 1.25 bits per heavy atom. The molecule has 20 heavy (non-hydrogen) atoms. The molecule has 2 aromatic heterocycles. The first kappa shape index (κ1) is 11.4. The van der Waals surface area contributed by atoms with E-state index >= 15 is 0 Å². The number of imidazole rings is 1. The van der Waals surface area contributed by atoms with Crippen molar-refractivity contribution in [2.45, 2.75) is 26.8 Å². The van der Waals surface area contributed by atoms with E-state index < -0.39 is 0 Å². The van der Waals surface area contributed by atoms with Crippen LogP contribution >= 0.6 is 0 Å². The molecule has 0 fully saturated rings. The summed E-state index contributed by atoms with van der Waals surface area (Å²) in [6.45, 7) is 4.90. The average molecular weight is 265 g/mol. The van der Waals surface area contributed by atoms with Crippen LogP contribution in [0.15, 0.2) is 30.9 Å². The molecule has 0 aliphatic carbocycles. The number of aromatic nitrogens is 5. The standard InChI is InChI=1S/C15H15N5/c1-3-11-4-5-13-12(6-11)15-16-8-18-20(15)7-14-10(2)17-9-19(13)14/h4-6,8-9H,3,7H2,1-2H3. The summed E-state index contributed by atoms with van der Waals surface area (Å²) < 4.78 is 4.10. The van der Waals surface area contributed by atoms with Crippen LogP contribution in [0.5, 0.6) is 0 Å². The minimum Gasteiger partial charge on any atom is -0.300 e. The van der Waals surface area contributed by atoms with E-state index in [1.165, 1.54) is 11.3 Å². The van der Waals surface area contributed by atoms with Crippen molar-refractivity contribution in [3.8, 4) is 17.1 Å². The second-order valence-electron chi connectivity index (χ2n) is 5.09. The molecule has 3 aromatic rings. The van der Waals surface area contributed by atoms with Gasteiger partial charge in [0.05, 0.1) is 29.9 Å². The van der Waals surface area contributed by atoms with E-state index in [1.807, 2.05) is 17.9 Å². The van der Waals surface area contributed by atoms with Gasteiger partial charge in [-0.25, -0.2) is 14.6 Å². The fraction of sp³-hybridized carbons (Fsp3) is 0.267. The molecule has 4 rings (SSSR count). The first-order valence-corrected chi connectivity index (χ1v) is 6.82. The Hall–Kier alpha value is -2.43. The summed E-state index contributed by atoms with van der Waals surface area (Å²) in [5, 5.41) is 4.36. The summed E-state index contributed by atoms with van der Waals surface area (Å²) in [7, 11) is 0. The zero-order valence-electron chi connectivity index (χ0n) is 11.5. The van der Waals surface area contributed by atoms with Crippen molar-refractivity contribution in [1.29, 1.82) is 0 Å². The van der Waals surface area contributed by atoms with Gasteiger partial charge in [0, 0.05) is 5.56 Å². The summed E-state index contributed by atoms with van der Waals surface area (Å²) in [5.74, 6) is 0.929. The van der Waals surface area contributed by atoms with Gasteiger partial charge in [-0.15, -0.1) is 0 Å². The van der Waals surface area contributed by atoms with Gasteiger partial charge in [0.2, 0.25) is 0 Å². The van der Waals surface area contributed by atoms with Crippen LogP contribution in [0, 0.1) is 6.92 Å². The van der Waals surface area contributed by atoms with Crippen LogP contribution in [-0.4, -0.2) is 24.3 Å². The predicted octanol–water partition coefficient (Wildman–Crippen LogP) is 2.36. The highest BCUT2D eigenvalue weighted by molar-refractivity contribution is 5.70. The Bertz CT molecular complexity index is 796. The van der Waals surface area contributed by atoms with Crippen molar-refractivity contribution in [3.05, 3.63) is 47.8 Å². The zero-order chi connectivity index (χ0) is 13.7. The second kappa shape index (κ2) is 4.03. The molecule has 0 atom stereocenters. The third-order valence-electron chi connectivity index (χ3n) is 3.96. The minimum absolute atomic E-state index is 0.706. The third kappa shape index (κ3) is 1.46. The predicted molar refractivity (Wildman–Crippen MR) is 75.8 cm³/mol. The molecule has 0 saturated carbocycles. The van der Waals surface area contributed by atoms with Crippen LogP contribution in [0.3, 0.4) is 0 Å². The van der Waals surface area contributed by atoms with Gasteiger partial charge in [0.15, 0.2) is 5.82 Å². The minimum atomic E-state index is 0.706. The van der Waals surface area contributed by atoms with Gasteiger partial charge < -0.3 is 4.57 Å². The lowest BCUT2D eigenvalue weighted by molar-refractivity contribution is 0.674. The van der Waals surface area contributed by atoms with Gasteiger partial charge in [-0.3, -0.25) is 0 Å². The van der Waals surface area contributed by atoms with Crippen LogP contribution in [-0.2, 0) is 13.0 Å². The monoisotopic (exact) mass is 265 g/mol. The first-order valence-electron chi connectivity index (χ1n) is 6.82. The molecule has 0 spiro atoms. The number of aryl methyl sites for hydroxylation is 2. The van der Waals surface area contributed by atoms with Gasteiger partial charge in [-0.2, -0.15) is 5.10 Å². The molecule has 1 aromatic carbocycles. The molecule has 1 aliphatic heterocycles. The quantitative estimate of drug-likeness (QED) is 0.531. The summed E-state index contributed by atoms with van der Waals surface area (Å²) in [6.07, 6.45) is 4.53. The highest BCUT2D eigenvalue weighted by atomic mass is 15.3. The van der Waals surface area contributed by atoms with Crippen molar-refractivity contribution in [2.24, 2.45) is 0 Å². The fourth-order valence-corrected chi connectivity index (χ4v) is 2.78. The highest BCUT2D eigenvalue weighted by Gasteiger charge is 2.22. The van der Waals surface area contributed by atoms with Gasteiger partial charge in [0.1, 0.15) is 6.33 Å². The SMILES string of the molecule is CCc1ccc2c(c1)-c1ncnn1Cc1c(C)ncn1-2. The van der Waals surface area contributed by atoms with Crippen molar-refractivity contribution >= 4 is 0 Å². The normalized spacial score (nSPS) is 12.5. The molecule has 5 heteroatoms. The highest BCUT2D eigenvalue weighted by Crippen LogP contribution is 2.31.